The van der Waals surface area contributed by atoms with E-state index in [-0.39, 0.29) is 0 Å². The first-order chi connectivity index (χ1) is 26.8. The summed E-state index contributed by atoms with van der Waals surface area (Å²) >= 11 is 0. The van der Waals surface area contributed by atoms with Crippen molar-refractivity contribution in [2.24, 2.45) is 0 Å². The molecule has 0 saturated heterocycles. The quantitative estimate of drug-likeness (QED) is 0.162. The molecule has 0 saturated carbocycles. The van der Waals surface area contributed by atoms with Crippen LogP contribution in [0, 0.1) is 0 Å². The van der Waals surface area contributed by atoms with E-state index in [1.165, 1.54) is 10.8 Å². The third-order valence-electron chi connectivity index (χ3n) is 10.6. The molecule has 0 atom stereocenters. The van der Waals surface area contributed by atoms with E-state index in [1.54, 1.807) is 0 Å². The molecule has 11 rings (SSSR count). The Kier molecular flexibility index (Phi) is 6.82. The molecule has 0 amide bonds. The second kappa shape index (κ2) is 12.1. The zero-order valence-electron chi connectivity index (χ0n) is 29.2. The first-order valence-corrected chi connectivity index (χ1v) is 18.3. The third kappa shape index (κ3) is 4.70. The molecule has 0 fully saturated rings. The minimum absolute atomic E-state index is 0.843. The fraction of sp³-hybridized carbons (Fsp3) is 0. The van der Waals surface area contributed by atoms with Gasteiger partial charge in [-0.15, -0.1) is 0 Å². The zero-order chi connectivity index (χ0) is 35.6. The largest absolute Gasteiger partial charge is 0.455 e. The number of hydrogen-bond acceptors (Lipinski definition) is 4. The van der Waals surface area contributed by atoms with Gasteiger partial charge in [0.25, 0.3) is 0 Å². The highest BCUT2D eigenvalue weighted by Gasteiger charge is 2.22. The summed E-state index contributed by atoms with van der Waals surface area (Å²) in [6.07, 6.45) is 0. The number of benzene rings is 9. The van der Waals surface area contributed by atoms with Crippen LogP contribution in [0.4, 0.5) is 34.1 Å². The Balaban J connectivity index is 1.15. The van der Waals surface area contributed by atoms with Gasteiger partial charge in [-0.25, -0.2) is 0 Å². The number of fused-ring (bicyclic) bond motifs is 11. The number of hydrogen-bond donors (Lipinski definition) is 0. The van der Waals surface area contributed by atoms with E-state index in [9.17, 15) is 0 Å². The maximum atomic E-state index is 6.67. The van der Waals surface area contributed by atoms with Crippen molar-refractivity contribution in [2.45, 2.75) is 0 Å². The highest BCUT2D eigenvalue weighted by molar-refractivity contribution is 6.30. The van der Waals surface area contributed by atoms with Gasteiger partial charge in [-0.1, -0.05) is 109 Å². The number of anilines is 6. The molecule has 9 aromatic carbocycles. The van der Waals surface area contributed by atoms with Gasteiger partial charge in [0.05, 0.1) is 5.69 Å². The van der Waals surface area contributed by atoms with Gasteiger partial charge in [0.2, 0.25) is 0 Å². The van der Waals surface area contributed by atoms with Gasteiger partial charge in [-0.3, -0.25) is 0 Å². The van der Waals surface area contributed by atoms with Crippen molar-refractivity contribution < 1.29 is 8.83 Å². The minimum Gasteiger partial charge on any atom is -0.455 e. The fourth-order valence-electron chi connectivity index (χ4n) is 8.22. The predicted octanol–water partition coefficient (Wildman–Crippen LogP) is 14.7. The molecule has 4 heteroatoms. The summed E-state index contributed by atoms with van der Waals surface area (Å²) in [7, 11) is 0. The van der Waals surface area contributed by atoms with Crippen LogP contribution in [0.1, 0.15) is 0 Å². The van der Waals surface area contributed by atoms with Gasteiger partial charge in [0.1, 0.15) is 16.7 Å². The van der Waals surface area contributed by atoms with Crippen LogP contribution in [0.5, 0.6) is 0 Å². The van der Waals surface area contributed by atoms with Crippen molar-refractivity contribution in [1.29, 1.82) is 0 Å². The van der Waals surface area contributed by atoms with Gasteiger partial charge in [-0.2, -0.15) is 0 Å². The number of furan rings is 2. The summed E-state index contributed by atoms with van der Waals surface area (Å²) in [5.41, 5.74) is 9.78. The fourth-order valence-corrected chi connectivity index (χ4v) is 8.22. The molecule has 0 aliphatic carbocycles. The van der Waals surface area contributed by atoms with E-state index < -0.39 is 0 Å². The van der Waals surface area contributed by atoms with Crippen LogP contribution in [0.2, 0.25) is 0 Å². The van der Waals surface area contributed by atoms with Crippen molar-refractivity contribution in [1.82, 2.24) is 0 Å². The van der Waals surface area contributed by atoms with Gasteiger partial charge in [0, 0.05) is 55.4 Å². The molecule has 0 aliphatic rings. The summed E-state index contributed by atoms with van der Waals surface area (Å²) in [6.45, 7) is 0. The van der Waals surface area contributed by atoms with E-state index in [1.807, 2.05) is 18.2 Å². The second-order valence-electron chi connectivity index (χ2n) is 13.7. The average Bonchev–Trinajstić information content (AvgIpc) is 3.82. The molecule has 54 heavy (non-hydrogen) atoms. The van der Waals surface area contributed by atoms with Gasteiger partial charge >= 0.3 is 0 Å². The lowest BCUT2D eigenvalue weighted by Crippen LogP contribution is -2.12. The van der Waals surface area contributed by atoms with Crippen molar-refractivity contribution in [3.8, 4) is 0 Å². The molecule has 11 aromatic rings. The molecule has 2 heterocycles. The summed E-state index contributed by atoms with van der Waals surface area (Å²) in [5, 5.41) is 9.05. The first-order valence-electron chi connectivity index (χ1n) is 18.3. The third-order valence-corrected chi connectivity index (χ3v) is 10.6. The van der Waals surface area contributed by atoms with E-state index in [2.05, 4.69) is 186 Å². The zero-order valence-corrected chi connectivity index (χ0v) is 29.2. The number of rotatable bonds is 6. The van der Waals surface area contributed by atoms with E-state index in [0.717, 1.165) is 88.8 Å². The Hall–Kier alpha value is -7.30. The maximum Gasteiger partial charge on any atom is 0.159 e. The molecule has 0 bridgehead atoms. The molecule has 0 radical (unpaired) electrons. The van der Waals surface area contributed by atoms with Crippen molar-refractivity contribution >= 4 is 99.5 Å². The van der Waals surface area contributed by atoms with Crippen LogP contribution < -0.4 is 9.80 Å². The van der Waals surface area contributed by atoms with Crippen LogP contribution in [0.25, 0.3) is 65.4 Å². The summed E-state index contributed by atoms with van der Waals surface area (Å²) < 4.78 is 13.3. The Morgan fingerprint density at radius 1 is 0.278 bits per heavy atom. The molecule has 0 aliphatic heterocycles. The summed E-state index contributed by atoms with van der Waals surface area (Å²) in [6, 6.07) is 68.3. The van der Waals surface area contributed by atoms with Crippen molar-refractivity contribution in [3.05, 3.63) is 194 Å². The van der Waals surface area contributed by atoms with Crippen molar-refractivity contribution in [2.75, 3.05) is 9.80 Å². The SMILES string of the molecule is c1ccc(N(c2ccccc2)c2ccc(N(c3ccc4c(c3)c3ccccc3c3c5ccccc5oc43)c3cccc4c3oc3ccccc34)cc2)cc1. The average molecular weight is 693 g/mol. The highest BCUT2D eigenvalue weighted by atomic mass is 16.3. The Labute approximate surface area is 311 Å². The first kappa shape index (κ1) is 30.3. The molecular weight excluding hydrogens is 661 g/mol. The molecule has 0 unspecified atom stereocenters. The lowest BCUT2D eigenvalue weighted by atomic mass is 9.96. The Bertz CT molecular complexity index is 3120. The van der Waals surface area contributed by atoms with Crippen LogP contribution in [0.3, 0.4) is 0 Å². The van der Waals surface area contributed by atoms with Crippen LogP contribution in [-0.2, 0) is 0 Å². The van der Waals surface area contributed by atoms with E-state index in [4.69, 9.17) is 8.83 Å². The maximum absolute atomic E-state index is 6.67. The Morgan fingerprint density at radius 3 is 1.46 bits per heavy atom. The van der Waals surface area contributed by atoms with E-state index in [0.29, 0.717) is 0 Å². The smallest absolute Gasteiger partial charge is 0.159 e. The number of para-hydroxylation sites is 5. The molecule has 0 N–H and O–H groups in total. The second-order valence-corrected chi connectivity index (χ2v) is 13.7. The van der Waals surface area contributed by atoms with Crippen LogP contribution >= 0.6 is 0 Å². The summed E-state index contributed by atoms with van der Waals surface area (Å²) in [4.78, 5) is 4.61. The topological polar surface area (TPSA) is 32.8 Å². The Morgan fingerprint density at radius 2 is 0.759 bits per heavy atom. The lowest BCUT2D eigenvalue weighted by molar-refractivity contribution is 0.669. The predicted molar refractivity (Wildman–Crippen MR) is 225 cm³/mol. The monoisotopic (exact) mass is 692 g/mol. The van der Waals surface area contributed by atoms with E-state index >= 15 is 0 Å². The standard InChI is InChI=1S/C50H32N2O2/c1-3-14-33(15-4-1)51(34-16-5-2-6-17-34)35-26-28-36(29-27-35)52(45-23-13-22-41-39-19-9-11-24-46(39)53-49(41)45)37-30-31-42-44(32-37)38-18-7-8-20-40(38)48-43-21-10-12-25-47(43)54-50(42)48/h1-32H. The molecule has 0 spiro atoms. The molecule has 254 valence electrons. The molecule has 4 nitrogen and oxygen atoms in total. The van der Waals surface area contributed by atoms with Gasteiger partial charge in [-0.05, 0) is 101 Å². The van der Waals surface area contributed by atoms with Crippen molar-refractivity contribution in [3.63, 3.8) is 0 Å². The van der Waals surface area contributed by atoms with Gasteiger partial charge < -0.3 is 18.6 Å². The van der Waals surface area contributed by atoms with Crippen LogP contribution in [-0.4, -0.2) is 0 Å². The number of nitrogens with zero attached hydrogens (tertiary/aromatic N) is 2. The van der Waals surface area contributed by atoms with Crippen LogP contribution in [0.15, 0.2) is 203 Å². The summed E-state index contributed by atoms with van der Waals surface area (Å²) in [5.74, 6) is 0. The minimum atomic E-state index is 0.843. The molecular formula is C50H32N2O2. The molecule has 2 aromatic heterocycles. The normalized spacial score (nSPS) is 11.7. The lowest BCUT2D eigenvalue weighted by Gasteiger charge is -2.28. The highest BCUT2D eigenvalue weighted by Crippen LogP contribution is 2.46. The van der Waals surface area contributed by atoms with Gasteiger partial charge in [0.15, 0.2) is 5.58 Å².